The summed E-state index contributed by atoms with van der Waals surface area (Å²) in [5, 5.41) is 0.461. The number of nitrogens with zero attached hydrogens (tertiary/aromatic N) is 2. The van der Waals surface area contributed by atoms with Gasteiger partial charge in [0.25, 0.3) is 11.1 Å². The molecule has 0 spiro atoms. The number of thiazole rings is 1. The van der Waals surface area contributed by atoms with Gasteiger partial charge in [-0.15, -0.1) is 0 Å². The van der Waals surface area contributed by atoms with E-state index in [-0.39, 0.29) is 18.3 Å². The SMILES string of the molecule is CC(C)(C)N(C(=O)COc1nc2ccccc2s1)c1ccc(F)cc1. The Bertz CT molecular complexity index is 851. The van der Waals surface area contributed by atoms with Crippen LogP contribution in [0.1, 0.15) is 20.8 Å². The number of benzene rings is 2. The van der Waals surface area contributed by atoms with Gasteiger partial charge in [-0.3, -0.25) is 4.79 Å². The maximum Gasteiger partial charge on any atom is 0.274 e. The zero-order chi connectivity index (χ0) is 18.0. The molecule has 6 heteroatoms. The van der Waals surface area contributed by atoms with Crippen LogP contribution >= 0.6 is 11.3 Å². The van der Waals surface area contributed by atoms with Crippen LogP contribution in [0, 0.1) is 5.82 Å². The van der Waals surface area contributed by atoms with Gasteiger partial charge >= 0.3 is 0 Å². The standard InChI is InChI=1S/C19H19FN2O2S/c1-19(2,3)22(14-10-8-13(20)9-11-14)17(23)12-24-18-21-15-6-4-5-7-16(15)25-18/h4-11H,12H2,1-3H3. The first-order chi connectivity index (χ1) is 11.8. The highest BCUT2D eigenvalue weighted by atomic mass is 32.1. The van der Waals surface area contributed by atoms with Crippen LogP contribution in [-0.2, 0) is 4.79 Å². The van der Waals surface area contributed by atoms with Crippen LogP contribution in [0.5, 0.6) is 5.19 Å². The van der Waals surface area contributed by atoms with Crippen LogP contribution in [0.25, 0.3) is 10.2 Å². The monoisotopic (exact) mass is 358 g/mol. The van der Waals surface area contributed by atoms with Gasteiger partial charge in [-0.05, 0) is 57.2 Å². The second-order valence-corrected chi connectivity index (χ2v) is 7.61. The van der Waals surface area contributed by atoms with E-state index in [4.69, 9.17) is 4.74 Å². The number of para-hydroxylation sites is 1. The molecule has 25 heavy (non-hydrogen) atoms. The Morgan fingerprint density at radius 2 is 1.84 bits per heavy atom. The van der Waals surface area contributed by atoms with Crippen molar-refractivity contribution in [1.29, 1.82) is 0 Å². The summed E-state index contributed by atoms with van der Waals surface area (Å²) >= 11 is 1.40. The summed E-state index contributed by atoms with van der Waals surface area (Å²) in [4.78, 5) is 18.7. The Balaban J connectivity index is 1.77. The Morgan fingerprint density at radius 3 is 2.48 bits per heavy atom. The Labute approximate surface area is 149 Å². The lowest BCUT2D eigenvalue weighted by atomic mass is 10.0. The fraction of sp³-hybridized carbons (Fsp3) is 0.263. The van der Waals surface area contributed by atoms with Gasteiger partial charge in [0.15, 0.2) is 6.61 Å². The van der Waals surface area contributed by atoms with Crippen molar-refractivity contribution in [2.24, 2.45) is 0 Å². The largest absolute Gasteiger partial charge is 0.460 e. The van der Waals surface area contributed by atoms with Gasteiger partial charge in [-0.2, -0.15) is 0 Å². The lowest BCUT2D eigenvalue weighted by Crippen LogP contribution is -2.48. The summed E-state index contributed by atoms with van der Waals surface area (Å²) in [5.41, 5.74) is 1.01. The molecule has 1 aromatic heterocycles. The van der Waals surface area contributed by atoms with Gasteiger partial charge in [0.05, 0.1) is 10.2 Å². The number of fused-ring (bicyclic) bond motifs is 1. The highest BCUT2D eigenvalue weighted by Gasteiger charge is 2.28. The third kappa shape index (κ3) is 3.96. The lowest BCUT2D eigenvalue weighted by molar-refractivity contribution is -0.121. The van der Waals surface area contributed by atoms with E-state index in [0.717, 1.165) is 10.2 Å². The van der Waals surface area contributed by atoms with E-state index < -0.39 is 5.54 Å². The Hall–Kier alpha value is -2.47. The number of rotatable bonds is 4. The molecule has 0 unspecified atom stereocenters. The minimum absolute atomic E-state index is 0.130. The maximum atomic E-state index is 13.2. The van der Waals surface area contributed by atoms with Crippen LogP contribution < -0.4 is 9.64 Å². The van der Waals surface area contributed by atoms with Crippen molar-refractivity contribution in [2.75, 3.05) is 11.5 Å². The maximum absolute atomic E-state index is 13.2. The number of halogens is 1. The van der Waals surface area contributed by atoms with E-state index in [9.17, 15) is 9.18 Å². The quantitative estimate of drug-likeness (QED) is 0.682. The molecule has 4 nitrogen and oxygen atoms in total. The molecule has 0 saturated heterocycles. The normalized spacial score (nSPS) is 11.5. The topological polar surface area (TPSA) is 42.4 Å². The summed E-state index contributed by atoms with van der Waals surface area (Å²) in [6.07, 6.45) is 0. The van der Waals surface area contributed by atoms with Crippen molar-refractivity contribution in [3.8, 4) is 5.19 Å². The molecule has 0 radical (unpaired) electrons. The van der Waals surface area contributed by atoms with Gasteiger partial charge in [0, 0.05) is 11.2 Å². The molecule has 0 atom stereocenters. The van der Waals surface area contributed by atoms with Gasteiger partial charge in [-0.25, -0.2) is 9.37 Å². The van der Waals surface area contributed by atoms with Crippen LogP contribution in [-0.4, -0.2) is 23.0 Å². The van der Waals surface area contributed by atoms with Crippen LogP contribution in [0.2, 0.25) is 0 Å². The second kappa shape index (κ2) is 6.80. The van der Waals surface area contributed by atoms with Gasteiger partial charge in [0.2, 0.25) is 0 Å². The fourth-order valence-electron chi connectivity index (χ4n) is 2.60. The van der Waals surface area contributed by atoms with E-state index in [1.54, 1.807) is 17.0 Å². The number of amides is 1. The number of ether oxygens (including phenoxy) is 1. The highest BCUT2D eigenvalue weighted by molar-refractivity contribution is 7.20. The molecule has 0 N–H and O–H groups in total. The molecule has 0 bridgehead atoms. The van der Waals surface area contributed by atoms with E-state index >= 15 is 0 Å². The third-order valence-corrected chi connectivity index (χ3v) is 4.55. The molecule has 0 saturated carbocycles. The smallest absolute Gasteiger partial charge is 0.274 e. The summed E-state index contributed by atoms with van der Waals surface area (Å²) < 4.78 is 19.8. The number of carbonyl (C=O) groups is 1. The number of anilines is 1. The molecule has 0 aliphatic heterocycles. The number of hydrogen-bond acceptors (Lipinski definition) is 4. The third-order valence-electron chi connectivity index (χ3n) is 3.60. The minimum Gasteiger partial charge on any atom is -0.460 e. The Kier molecular flexibility index (Phi) is 4.72. The van der Waals surface area contributed by atoms with Crippen molar-refractivity contribution in [1.82, 2.24) is 4.98 Å². The molecule has 2 aromatic carbocycles. The zero-order valence-corrected chi connectivity index (χ0v) is 15.1. The predicted octanol–water partition coefficient (Wildman–Crippen LogP) is 4.65. The van der Waals surface area contributed by atoms with Crippen molar-refractivity contribution in [3.63, 3.8) is 0 Å². The van der Waals surface area contributed by atoms with Crippen LogP contribution in [0.3, 0.4) is 0 Å². The first-order valence-corrected chi connectivity index (χ1v) is 8.73. The van der Waals surface area contributed by atoms with Crippen LogP contribution in [0.15, 0.2) is 48.5 Å². The average molecular weight is 358 g/mol. The van der Waals surface area contributed by atoms with E-state index in [0.29, 0.717) is 10.9 Å². The predicted molar refractivity (Wildman–Crippen MR) is 98.8 cm³/mol. The van der Waals surface area contributed by atoms with E-state index in [1.807, 2.05) is 45.0 Å². The summed E-state index contributed by atoms with van der Waals surface area (Å²) in [5.74, 6) is -0.547. The van der Waals surface area contributed by atoms with Crippen molar-refractivity contribution < 1.29 is 13.9 Å². The number of carbonyl (C=O) groups excluding carboxylic acids is 1. The summed E-state index contributed by atoms with van der Waals surface area (Å²) in [7, 11) is 0. The molecule has 0 aliphatic rings. The minimum atomic E-state index is -0.466. The van der Waals surface area contributed by atoms with Crippen molar-refractivity contribution >= 4 is 33.1 Å². The number of aromatic nitrogens is 1. The summed E-state index contributed by atoms with van der Waals surface area (Å²) in [6, 6.07) is 13.6. The summed E-state index contributed by atoms with van der Waals surface area (Å²) in [6.45, 7) is 5.64. The zero-order valence-electron chi connectivity index (χ0n) is 14.3. The second-order valence-electron chi connectivity index (χ2n) is 6.61. The molecule has 0 fully saturated rings. The molecular formula is C19H19FN2O2S. The van der Waals surface area contributed by atoms with Crippen molar-refractivity contribution in [3.05, 3.63) is 54.3 Å². The molecule has 3 aromatic rings. The lowest BCUT2D eigenvalue weighted by Gasteiger charge is -2.35. The van der Waals surface area contributed by atoms with E-state index in [2.05, 4.69) is 4.98 Å². The van der Waals surface area contributed by atoms with Gasteiger partial charge < -0.3 is 9.64 Å². The van der Waals surface area contributed by atoms with Crippen LogP contribution in [0.4, 0.5) is 10.1 Å². The molecule has 130 valence electrons. The molecule has 0 aliphatic carbocycles. The van der Waals surface area contributed by atoms with Gasteiger partial charge in [0.1, 0.15) is 5.82 Å². The fourth-order valence-corrected chi connectivity index (χ4v) is 3.41. The van der Waals surface area contributed by atoms with Crippen molar-refractivity contribution in [2.45, 2.75) is 26.3 Å². The molecule has 1 amide bonds. The Morgan fingerprint density at radius 1 is 1.16 bits per heavy atom. The molecule has 3 rings (SSSR count). The average Bonchev–Trinajstić information content (AvgIpc) is 2.97. The highest BCUT2D eigenvalue weighted by Crippen LogP contribution is 2.28. The first-order valence-electron chi connectivity index (χ1n) is 7.91. The van der Waals surface area contributed by atoms with Gasteiger partial charge in [-0.1, -0.05) is 23.5 Å². The number of hydrogen-bond donors (Lipinski definition) is 0. The first kappa shape index (κ1) is 17.4. The molecule has 1 heterocycles. The van der Waals surface area contributed by atoms with E-state index in [1.165, 1.54) is 23.5 Å². The molecular weight excluding hydrogens is 339 g/mol.